The number of hydrogen-bond acceptors (Lipinski definition) is 2. The normalized spacial score (nSPS) is 17.8. The van der Waals surface area contributed by atoms with Crippen molar-refractivity contribution in [3.05, 3.63) is 132 Å². The molecule has 0 unspecified atom stereocenters. The summed E-state index contributed by atoms with van der Waals surface area (Å²) < 4.78 is 19.2. The van der Waals surface area contributed by atoms with Gasteiger partial charge in [0.15, 0.2) is 0 Å². The van der Waals surface area contributed by atoms with E-state index in [0.717, 1.165) is 28.1 Å². The van der Waals surface area contributed by atoms with Crippen LogP contribution in [0.2, 0.25) is 0 Å². The largest absolute Gasteiger partial charge is 0.497 e. The molecule has 4 nitrogen and oxygen atoms in total. The van der Waals surface area contributed by atoms with Crippen LogP contribution in [0.25, 0.3) is 0 Å². The molecular formula is C29H25FN2O2. The molecule has 0 aliphatic carbocycles. The van der Waals surface area contributed by atoms with Crippen LogP contribution in [0, 0.1) is 5.82 Å². The molecule has 0 N–H and O–H groups in total. The summed E-state index contributed by atoms with van der Waals surface area (Å²) >= 11 is 0. The molecule has 0 radical (unpaired) electrons. The van der Waals surface area contributed by atoms with Gasteiger partial charge in [-0.05, 0) is 53.1 Å². The standard InChI is InChI=1S/C29H25FN2O2/c1-34-26-18-16-25(17-19-26)32-28(23-12-14-24(30)15-13-23)27(22-10-6-3-7-11-22)31(29(32)33)20-21-8-4-2-5-9-21/h2-19,27-28H,20H2,1H3/t27-,28-/m0/s1. The average molecular weight is 453 g/mol. The Bertz CT molecular complexity index is 1250. The van der Waals surface area contributed by atoms with E-state index in [-0.39, 0.29) is 23.9 Å². The van der Waals surface area contributed by atoms with E-state index in [1.165, 1.54) is 12.1 Å². The minimum Gasteiger partial charge on any atom is -0.497 e. The molecule has 0 bridgehead atoms. The molecule has 5 heteroatoms. The molecule has 4 aromatic carbocycles. The fourth-order valence-corrected chi connectivity index (χ4v) is 4.65. The third-order valence-electron chi connectivity index (χ3n) is 6.26. The fraction of sp³-hybridized carbons (Fsp3) is 0.138. The number of halogens is 1. The van der Waals surface area contributed by atoms with Gasteiger partial charge in [0.1, 0.15) is 11.6 Å². The lowest BCUT2D eigenvalue weighted by atomic mass is 9.92. The summed E-state index contributed by atoms with van der Waals surface area (Å²) in [6.07, 6.45) is 0. The van der Waals surface area contributed by atoms with Crippen molar-refractivity contribution < 1.29 is 13.9 Å². The number of amides is 2. The van der Waals surface area contributed by atoms with Crippen molar-refractivity contribution >= 4 is 11.7 Å². The Hall–Kier alpha value is -4.12. The van der Waals surface area contributed by atoms with E-state index in [1.54, 1.807) is 19.2 Å². The van der Waals surface area contributed by atoms with Gasteiger partial charge in [-0.15, -0.1) is 0 Å². The first-order valence-electron chi connectivity index (χ1n) is 11.2. The van der Waals surface area contributed by atoms with Crippen LogP contribution < -0.4 is 9.64 Å². The van der Waals surface area contributed by atoms with Crippen LogP contribution >= 0.6 is 0 Å². The molecule has 34 heavy (non-hydrogen) atoms. The molecule has 0 aromatic heterocycles. The first-order valence-corrected chi connectivity index (χ1v) is 11.2. The number of anilines is 1. The van der Waals surface area contributed by atoms with Crippen LogP contribution in [0.15, 0.2) is 109 Å². The molecule has 1 aliphatic rings. The number of hydrogen-bond donors (Lipinski definition) is 0. The topological polar surface area (TPSA) is 32.8 Å². The third-order valence-corrected chi connectivity index (χ3v) is 6.26. The maximum absolute atomic E-state index is 14.0. The van der Waals surface area contributed by atoms with Gasteiger partial charge in [0.25, 0.3) is 0 Å². The summed E-state index contributed by atoms with van der Waals surface area (Å²) in [5.41, 5.74) is 3.70. The van der Waals surface area contributed by atoms with E-state index in [9.17, 15) is 9.18 Å². The van der Waals surface area contributed by atoms with Crippen molar-refractivity contribution in [3.8, 4) is 5.75 Å². The summed E-state index contributed by atoms with van der Waals surface area (Å²) in [5.74, 6) is 0.413. The van der Waals surface area contributed by atoms with Crippen molar-refractivity contribution in [2.75, 3.05) is 12.0 Å². The molecule has 4 aromatic rings. The SMILES string of the molecule is COc1ccc(N2C(=O)N(Cc3ccccc3)[C@@H](c3ccccc3)[C@@H]2c2ccc(F)cc2)cc1. The Morgan fingerprint density at radius 1 is 0.735 bits per heavy atom. The average Bonchev–Trinajstić information content (AvgIpc) is 3.17. The number of ether oxygens (including phenoxy) is 1. The number of rotatable bonds is 6. The lowest BCUT2D eigenvalue weighted by Gasteiger charge is -2.29. The van der Waals surface area contributed by atoms with Crippen LogP contribution in [0.3, 0.4) is 0 Å². The van der Waals surface area contributed by atoms with Crippen molar-refractivity contribution in [2.45, 2.75) is 18.6 Å². The van der Waals surface area contributed by atoms with Gasteiger partial charge in [0, 0.05) is 12.2 Å². The Balaban J connectivity index is 1.66. The quantitative estimate of drug-likeness (QED) is 0.324. The summed E-state index contributed by atoms with van der Waals surface area (Å²) in [7, 11) is 1.62. The van der Waals surface area contributed by atoms with E-state index in [4.69, 9.17) is 4.74 Å². The van der Waals surface area contributed by atoms with Crippen molar-refractivity contribution in [1.29, 1.82) is 0 Å². The molecule has 2 atom stereocenters. The summed E-state index contributed by atoms with van der Waals surface area (Å²) in [5, 5.41) is 0. The molecule has 1 saturated heterocycles. The number of nitrogens with zero attached hydrogens (tertiary/aromatic N) is 2. The molecule has 170 valence electrons. The molecular weight excluding hydrogens is 427 g/mol. The molecule has 1 aliphatic heterocycles. The zero-order chi connectivity index (χ0) is 23.5. The highest BCUT2D eigenvalue weighted by Gasteiger charge is 2.47. The number of benzene rings is 4. The molecule has 0 saturated carbocycles. The lowest BCUT2D eigenvalue weighted by Crippen LogP contribution is -2.32. The number of carbonyl (C=O) groups excluding carboxylic acids is 1. The second-order valence-corrected chi connectivity index (χ2v) is 8.32. The van der Waals surface area contributed by atoms with Crippen LogP contribution in [-0.4, -0.2) is 18.0 Å². The number of methoxy groups -OCH3 is 1. The van der Waals surface area contributed by atoms with Gasteiger partial charge < -0.3 is 9.64 Å². The maximum atomic E-state index is 14.0. The Labute approximate surface area is 198 Å². The van der Waals surface area contributed by atoms with Gasteiger partial charge in [0.2, 0.25) is 0 Å². The summed E-state index contributed by atoms with van der Waals surface area (Å²) in [6, 6.07) is 33.2. The van der Waals surface area contributed by atoms with Gasteiger partial charge in [-0.2, -0.15) is 0 Å². The highest BCUT2D eigenvalue weighted by atomic mass is 19.1. The highest BCUT2D eigenvalue weighted by Crippen LogP contribution is 2.48. The molecule has 1 fully saturated rings. The van der Waals surface area contributed by atoms with E-state index in [0.29, 0.717) is 6.54 Å². The predicted molar refractivity (Wildman–Crippen MR) is 131 cm³/mol. The minimum absolute atomic E-state index is 0.0998. The van der Waals surface area contributed by atoms with Crippen molar-refractivity contribution in [1.82, 2.24) is 4.90 Å². The number of carbonyl (C=O) groups is 1. The van der Waals surface area contributed by atoms with Gasteiger partial charge >= 0.3 is 6.03 Å². The van der Waals surface area contributed by atoms with E-state index >= 15 is 0 Å². The maximum Gasteiger partial charge on any atom is 0.326 e. The zero-order valence-electron chi connectivity index (χ0n) is 18.8. The first-order chi connectivity index (χ1) is 16.7. The van der Waals surface area contributed by atoms with E-state index < -0.39 is 0 Å². The predicted octanol–water partition coefficient (Wildman–Crippen LogP) is 6.76. The van der Waals surface area contributed by atoms with Crippen LogP contribution in [-0.2, 0) is 6.54 Å². The van der Waals surface area contributed by atoms with Gasteiger partial charge in [0.05, 0.1) is 19.2 Å². The monoisotopic (exact) mass is 452 g/mol. The Morgan fingerprint density at radius 3 is 1.94 bits per heavy atom. The number of urea groups is 1. The molecule has 0 spiro atoms. The second-order valence-electron chi connectivity index (χ2n) is 8.32. The second kappa shape index (κ2) is 9.40. The van der Waals surface area contributed by atoms with Crippen LogP contribution in [0.1, 0.15) is 28.8 Å². The third kappa shape index (κ3) is 4.13. The van der Waals surface area contributed by atoms with E-state index in [2.05, 4.69) is 0 Å². The molecule has 5 rings (SSSR count). The molecule has 2 amide bonds. The van der Waals surface area contributed by atoms with Crippen molar-refractivity contribution in [2.24, 2.45) is 0 Å². The van der Waals surface area contributed by atoms with E-state index in [1.807, 2.05) is 94.7 Å². The zero-order valence-corrected chi connectivity index (χ0v) is 18.8. The minimum atomic E-state index is -0.340. The van der Waals surface area contributed by atoms with Gasteiger partial charge in [-0.3, -0.25) is 4.90 Å². The smallest absolute Gasteiger partial charge is 0.326 e. The van der Waals surface area contributed by atoms with Gasteiger partial charge in [-0.25, -0.2) is 9.18 Å². The highest BCUT2D eigenvalue weighted by molar-refractivity contribution is 5.96. The van der Waals surface area contributed by atoms with Crippen molar-refractivity contribution in [3.63, 3.8) is 0 Å². The summed E-state index contributed by atoms with van der Waals surface area (Å²) in [6.45, 7) is 0.462. The Kier molecular flexibility index (Phi) is 6.00. The van der Waals surface area contributed by atoms with Gasteiger partial charge in [-0.1, -0.05) is 72.8 Å². The lowest BCUT2D eigenvalue weighted by molar-refractivity contribution is 0.199. The first kappa shape index (κ1) is 21.7. The van der Waals surface area contributed by atoms with Crippen LogP contribution in [0.5, 0.6) is 5.75 Å². The summed E-state index contributed by atoms with van der Waals surface area (Å²) in [4.78, 5) is 17.8. The Morgan fingerprint density at radius 2 is 1.32 bits per heavy atom. The van der Waals surface area contributed by atoms with Crippen LogP contribution in [0.4, 0.5) is 14.9 Å². The fourth-order valence-electron chi connectivity index (χ4n) is 4.65. The molecule has 1 heterocycles.